The van der Waals surface area contributed by atoms with Gasteiger partial charge in [0.05, 0.1) is 5.41 Å². The normalized spacial score (nSPS) is 23.2. The summed E-state index contributed by atoms with van der Waals surface area (Å²) in [6, 6.07) is 6.94. The van der Waals surface area contributed by atoms with Crippen LogP contribution in [0.5, 0.6) is 0 Å². The van der Waals surface area contributed by atoms with Crippen molar-refractivity contribution in [3.05, 3.63) is 35.6 Å². The van der Waals surface area contributed by atoms with Crippen molar-refractivity contribution in [3.8, 4) is 0 Å². The molecule has 4 heteroatoms. The number of piperidine rings is 1. The maximum atomic E-state index is 13.5. The van der Waals surface area contributed by atoms with Gasteiger partial charge in [-0.15, -0.1) is 0 Å². The van der Waals surface area contributed by atoms with Gasteiger partial charge in [-0.2, -0.15) is 0 Å². The summed E-state index contributed by atoms with van der Waals surface area (Å²) in [5.74, 6) is -0.168. The Morgan fingerprint density at radius 1 is 1.23 bits per heavy atom. The van der Waals surface area contributed by atoms with E-state index in [1.165, 1.54) is 37.9 Å². The third-order valence-corrected chi connectivity index (χ3v) is 5.21. The van der Waals surface area contributed by atoms with Crippen LogP contribution in [0.4, 0.5) is 4.39 Å². The van der Waals surface area contributed by atoms with Crippen LogP contribution in [-0.2, 0) is 10.2 Å². The lowest BCUT2D eigenvalue weighted by Gasteiger charge is -2.45. The Kier molecular flexibility index (Phi) is 4.22. The van der Waals surface area contributed by atoms with Crippen molar-refractivity contribution in [3.63, 3.8) is 0 Å². The molecule has 0 spiro atoms. The van der Waals surface area contributed by atoms with Crippen molar-refractivity contribution >= 4 is 5.91 Å². The summed E-state index contributed by atoms with van der Waals surface area (Å²) in [7, 11) is 0. The number of piperazine rings is 1. The van der Waals surface area contributed by atoms with Gasteiger partial charge in [0.2, 0.25) is 5.91 Å². The fraction of sp³-hybridized carbons (Fsp3) is 0.611. The SMILES string of the molecule is CC(C)(C(=O)N1CCN2CCCCC2C1)c1cccc(F)c1. The Bertz CT molecular complexity index is 558. The molecule has 0 aliphatic carbocycles. The monoisotopic (exact) mass is 304 g/mol. The number of hydrogen-bond donors (Lipinski definition) is 0. The number of benzene rings is 1. The lowest BCUT2D eigenvalue weighted by atomic mass is 9.82. The minimum Gasteiger partial charge on any atom is -0.339 e. The maximum absolute atomic E-state index is 13.5. The van der Waals surface area contributed by atoms with Crippen LogP contribution in [0, 0.1) is 5.82 Å². The first kappa shape index (κ1) is 15.5. The van der Waals surface area contributed by atoms with Crippen molar-refractivity contribution in [1.29, 1.82) is 0 Å². The molecule has 2 saturated heterocycles. The molecule has 0 saturated carbocycles. The third kappa shape index (κ3) is 2.89. The molecule has 2 aliphatic rings. The number of fused-ring (bicyclic) bond motifs is 1. The quantitative estimate of drug-likeness (QED) is 0.839. The molecule has 1 unspecified atom stereocenters. The highest BCUT2D eigenvalue weighted by molar-refractivity contribution is 5.87. The Balaban J connectivity index is 1.75. The highest BCUT2D eigenvalue weighted by Gasteiger charge is 2.38. The third-order valence-electron chi connectivity index (χ3n) is 5.21. The average molecular weight is 304 g/mol. The molecule has 0 aromatic heterocycles. The van der Waals surface area contributed by atoms with Crippen molar-refractivity contribution in [2.24, 2.45) is 0 Å². The standard InChI is InChI=1S/C18H25FN2O/c1-18(2,14-6-5-7-15(19)12-14)17(22)21-11-10-20-9-4-3-8-16(20)13-21/h5-7,12,16H,3-4,8-11,13H2,1-2H3. The van der Waals surface area contributed by atoms with Gasteiger partial charge in [0.1, 0.15) is 5.82 Å². The van der Waals surface area contributed by atoms with Gasteiger partial charge in [0.25, 0.3) is 0 Å². The second-order valence-corrected chi connectivity index (χ2v) is 7.07. The molecule has 1 aromatic rings. The zero-order valence-corrected chi connectivity index (χ0v) is 13.5. The second-order valence-electron chi connectivity index (χ2n) is 7.07. The van der Waals surface area contributed by atoms with Gasteiger partial charge in [-0.1, -0.05) is 18.6 Å². The van der Waals surface area contributed by atoms with E-state index in [4.69, 9.17) is 0 Å². The topological polar surface area (TPSA) is 23.6 Å². The largest absolute Gasteiger partial charge is 0.339 e. The Labute approximate surface area is 132 Å². The predicted octanol–water partition coefficient (Wildman–Crippen LogP) is 2.80. The van der Waals surface area contributed by atoms with Crippen LogP contribution < -0.4 is 0 Å². The van der Waals surface area contributed by atoms with Crippen LogP contribution in [0.2, 0.25) is 0 Å². The molecule has 120 valence electrons. The molecule has 22 heavy (non-hydrogen) atoms. The zero-order chi connectivity index (χ0) is 15.7. The van der Waals surface area contributed by atoms with Crippen molar-refractivity contribution in [2.75, 3.05) is 26.2 Å². The van der Waals surface area contributed by atoms with Gasteiger partial charge in [0, 0.05) is 25.7 Å². The van der Waals surface area contributed by atoms with E-state index in [2.05, 4.69) is 4.90 Å². The predicted molar refractivity (Wildman–Crippen MR) is 85.2 cm³/mol. The van der Waals surface area contributed by atoms with E-state index < -0.39 is 5.41 Å². The van der Waals surface area contributed by atoms with Gasteiger partial charge in [0.15, 0.2) is 0 Å². The van der Waals surface area contributed by atoms with Crippen molar-refractivity contribution in [1.82, 2.24) is 9.80 Å². The second kappa shape index (κ2) is 5.99. The lowest BCUT2D eigenvalue weighted by molar-refractivity contribution is -0.139. The maximum Gasteiger partial charge on any atom is 0.232 e. The van der Waals surface area contributed by atoms with Crippen molar-refractivity contribution < 1.29 is 9.18 Å². The molecular formula is C18H25FN2O. The van der Waals surface area contributed by atoms with E-state index in [0.717, 1.165) is 25.2 Å². The number of nitrogens with zero attached hydrogens (tertiary/aromatic N) is 2. The highest BCUT2D eigenvalue weighted by Crippen LogP contribution is 2.29. The fourth-order valence-electron chi connectivity index (χ4n) is 3.74. The van der Waals surface area contributed by atoms with Gasteiger partial charge in [-0.3, -0.25) is 9.69 Å². The molecule has 3 rings (SSSR count). The number of hydrogen-bond acceptors (Lipinski definition) is 2. The summed E-state index contributed by atoms with van der Waals surface area (Å²) in [6.07, 6.45) is 3.72. The first-order chi connectivity index (χ1) is 10.5. The zero-order valence-electron chi connectivity index (χ0n) is 13.5. The van der Waals surface area contributed by atoms with Crippen LogP contribution in [0.3, 0.4) is 0 Å². The Hall–Kier alpha value is -1.42. The molecule has 0 bridgehead atoms. The summed E-state index contributed by atoms with van der Waals surface area (Å²) >= 11 is 0. The van der Waals surface area contributed by atoms with E-state index in [1.807, 2.05) is 24.8 Å². The van der Waals surface area contributed by atoms with Crippen LogP contribution >= 0.6 is 0 Å². The van der Waals surface area contributed by atoms with Crippen LogP contribution in [0.25, 0.3) is 0 Å². The molecule has 2 fully saturated rings. The van der Waals surface area contributed by atoms with Crippen LogP contribution in [0.15, 0.2) is 24.3 Å². The fourth-order valence-corrected chi connectivity index (χ4v) is 3.74. The summed E-state index contributed by atoms with van der Waals surface area (Å²) < 4.78 is 13.5. The summed E-state index contributed by atoms with van der Waals surface area (Å²) in [5, 5.41) is 0. The minimum absolute atomic E-state index is 0.114. The smallest absolute Gasteiger partial charge is 0.232 e. The summed E-state index contributed by atoms with van der Waals surface area (Å²) in [5.41, 5.74) is 0.0717. The molecule has 2 aliphatic heterocycles. The van der Waals surface area contributed by atoms with Crippen molar-refractivity contribution in [2.45, 2.75) is 44.6 Å². The highest BCUT2D eigenvalue weighted by atomic mass is 19.1. The van der Waals surface area contributed by atoms with Crippen LogP contribution in [-0.4, -0.2) is 47.9 Å². The van der Waals surface area contributed by atoms with E-state index in [9.17, 15) is 9.18 Å². The van der Waals surface area contributed by atoms with E-state index in [1.54, 1.807) is 6.07 Å². The molecule has 3 nitrogen and oxygen atoms in total. The van der Waals surface area contributed by atoms with E-state index >= 15 is 0 Å². The van der Waals surface area contributed by atoms with Gasteiger partial charge in [-0.25, -0.2) is 4.39 Å². The molecule has 1 aromatic carbocycles. The number of carbonyl (C=O) groups is 1. The first-order valence-corrected chi connectivity index (χ1v) is 8.28. The van der Waals surface area contributed by atoms with Gasteiger partial charge < -0.3 is 4.90 Å². The summed E-state index contributed by atoms with van der Waals surface area (Å²) in [6.45, 7) is 7.54. The number of carbonyl (C=O) groups excluding carboxylic acids is 1. The average Bonchev–Trinajstić information content (AvgIpc) is 2.53. The molecular weight excluding hydrogens is 279 g/mol. The number of rotatable bonds is 2. The van der Waals surface area contributed by atoms with Gasteiger partial charge >= 0.3 is 0 Å². The Morgan fingerprint density at radius 2 is 2.05 bits per heavy atom. The van der Waals surface area contributed by atoms with Gasteiger partial charge in [-0.05, 0) is 50.9 Å². The molecule has 0 N–H and O–H groups in total. The summed E-state index contributed by atoms with van der Waals surface area (Å²) in [4.78, 5) is 17.5. The lowest BCUT2D eigenvalue weighted by Crippen LogP contribution is -2.58. The van der Waals surface area contributed by atoms with E-state index in [0.29, 0.717) is 6.04 Å². The molecule has 1 atom stereocenters. The molecule has 0 radical (unpaired) electrons. The number of amides is 1. The van der Waals surface area contributed by atoms with E-state index in [-0.39, 0.29) is 11.7 Å². The van der Waals surface area contributed by atoms with Crippen LogP contribution in [0.1, 0.15) is 38.7 Å². The Morgan fingerprint density at radius 3 is 2.82 bits per heavy atom. The minimum atomic E-state index is -0.682. The molecule has 1 amide bonds. The first-order valence-electron chi connectivity index (χ1n) is 8.28. The molecule has 2 heterocycles. The number of halogens is 1.